The van der Waals surface area contributed by atoms with Gasteiger partial charge in [0.05, 0.1) is 12.6 Å². The smallest absolute Gasteiger partial charge is 0.239 e. The Kier molecular flexibility index (Phi) is 3.79. The quantitative estimate of drug-likeness (QED) is 0.693. The van der Waals surface area contributed by atoms with Gasteiger partial charge in [-0.3, -0.25) is 9.48 Å². The zero-order chi connectivity index (χ0) is 13.1. The molecule has 0 radical (unpaired) electrons. The summed E-state index contributed by atoms with van der Waals surface area (Å²) >= 11 is 0. The van der Waals surface area contributed by atoms with Crippen molar-refractivity contribution in [1.29, 1.82) is 0 Å². The molecule has 2 fully saturated rings. The first-order valence-electron chi connectivity index (χ1n) is 7.08. The van der Waals surface area contributed by atoms with Crippen LogP contribution in [-0.4, -0.2) is 41.9 Å². The number of carbonyl (C=O) groups is 1. The largest absolute Gasteiger partial charge is 0.315 e. The van der Waals surface area contributed by atoms with Crippen molar-refractivity contribution < 1.29 is 4.79 Å². The molecular formula is C13H21N5O. The maximum atomic E-state index is 11.7. The Balaban J connectivity index is 1.44. The summed E-state index contributed by atoms with van der Waals surface area (Å²) in [4.78, 5) is 11.7. The number of aromatic nitrogens is 2. The van der Waals surface area contributed by atoms with Crippen LogP contribution in [0.2, 0.25) is 0 Å². The maximum absolute atomic E-state index is 11.7. The van der Waals surface area contributed by atoms with Gasteiger partial charge in [0.25, 0.3) is 0 Å². The van der Waals surface area contributed by atoms with Crippen LogP contribution < -0.4 is 16.0 Å². The van der Waals surface area contributed by atoms with Gasteiger partial charge in [-0.15, -0.1) is 0 Å². The Morgan fingerprint density at radius 2 is 2.37 bits per heavy atom. The zero-order valence-corrected chi connectivity index (χ0v) is 11.1. The van der Waals surface area contributed by atoms with Gasteiger partial charge in [-0.2, -0.15) is 5.10 Å². The van der Waals surface area contributed by atoms with E-state index in [0.717, 1.165) is 32.0 Å². The second-order valence-electron chi connectivity index (χ2n) is 5.45. The fourth-order valence-electron chi connectivity index (χ4n) is 2.37. The van der Waals surface area contributed by atoms with Crippen LogP contribution in [0, 0.1) is 5.92 Å². The van der Waals surface area contributed by atoms with Gasteiger partial charge in [0.1, 0.15) is 0 Å². The van der Waals surface area contributed by atoms with Crippen LogP contribution in [0.1, 0.15) is 25.3 Å². The molecule has 6 nitrogen and oxygen atoms in total. The van der Waals surface area contributed by atoms with Crippen molar-refractivity contribution in [2.75, 3.05) is 31.5 Å². The van der Waals surface area contributed by atoms with Gasteiger partial charge in [-0.1, -0.05) is 0 Å². The standard InChI is InChI=1S/C13H21N5O/c19-13(9-15-7-10-1-2-10)16-12-4-6-18(17-12)11-3-5-14-8-11/h4,6,10-11,14-15H,1-3,5,7-9H2,(H,16,17,19)/t11-/m1/s1. The number of hydrogen-bond donors (Lipinski definition) is 3. The summed E-state index contributed by atoms with van der Waals surface area (Å²) in [6.07, 6.45) is 5.63. The Bertz CT molecular complexity index is 434. The summed E-state index contributed by atoms with van der Waals surface area (Å²) in [5, 5.41) is 13.7. The molecular weight excluding hydrogens is 242 g/mol. The predicted molar refractivity (Wildman–Crippen MR) is 73.0 cm³/mol. The Hall–Kier alpha value is -1.40. The van der Waals surface area contributed by atoms with Crippen molar-refractivity contribution in [3.05, 3.63) is 12.3 Å². The minimum absolute atomic E-state index is 0.0181. The van der Waals surface area contributed by atoms with E-state index in [-0.39, 0.29) is 5.91 Å². The van der Waals surface area contributed by atoms with Crippen molar-refractivity contribution >= 4 is 11.7 Å². The third-order valence-corrected chi connectivity index (χ3v) is 3.70. The molecule has 0 unspecified atom stereocenters. The van der Waals surface area contributed by atoms with E-state index in [1.165, 1.54) is 12.8 Å². The highest BCUT2D eigenvalue weighted by atomic mass is 16.2. The van der Waals surface area contributed by atoms with Crippen molar-refractivity contribution in [3.8, 4) is 0 Å². The molecule has 0 bridgehead atoms. The van der Waals surface area contributed by atoms with Crippen LogP contribution in [0.4, 0.5) is 5.82 Å². The lowest BCUT2D eigenvalue weighted by atomic mass is 10.3. The summed E-state index contributed by atoms with van der Waals surface area (Å²) in [5.41, 5.74) is 0. The zero-order valence-electron chi connectivity index (χ0n) is 11.1. The lowest BCUT2D eigenvalue weighted by Crippen LogP contribution is -2.29. The molecule has 3 N–H and O–H groups in total. The summed E-state index contributed by atoms with van der Waals surface area (Å²) < 4.78 is 1.94. The minimum Gasteiger partial charge on any atom is -0.315 e. The minimum atomic E-state index is -0.0181. The molecule has 1 aromatic rings. The van der Waals surface area contributed by atoms with E-state index in [2.05, 4.69) is 21.0 Å². The van der Waals surface area contributed by atoms with E-state index in [9.17, 15) is 4.79 Å². The molecule has 1 amide bonds. The number of nitrogens with one attached hydrogen (secondary N) is 3. The lowest BCUT2D eigenvalue weighted by Gasteiger charge is -2.08. The van der Waals surface area contributed by atoms with Crippen LogP contribution in [0.5, 0.6) is 0 Å². The number of anilines is 1. The fourth-order valence-corrected chi connectivity index (χ4v) is 2.37. The van der Waals surface area contributed by atoms with Crippen LogP contribution in [0.25, 0.3) is 0 Å². The van der Waals surface area contributed by atoms with Crippen molar-refractivity contribution in [3.63, 3.8) is 0 Å². The third-order valence-electron chi connectivity index (χ3n) is 3.70. The van der Waals surface area contributed by atoms with Crippen LogP contribution in [-0.2, 0) is 4.79 Å². The van der Waals surface area contributed by atoms with Crippen molar-refractivity contribution in [2.24, 2.45) is 5.92 Å². The Labute approximate surface area is 112 Å². The van der Waals surface area contributed by atoms with E-state index in [1.54, 1.807) is 0 Å². The first-order chi connectivity index (χ1) is 9.31. The number of amides is 1. The third kappa shape index (κ3) is 3.54. The van der Waals surface area contributed by atoms with E-state index in [4.69, 9.17) is 0 Å². The Morgan fingerprint density at radius 3 is 3.11 bits per heavy atom. The van der Waals surface area contributed by atoms with Crippen LogP contribution in [0.3, 0.4) is 0 Å². The summed E-state index contributed by atoms with van der Waals surface area (Å²) in [6, 6.07) is 2.27. The van der Waals surface area contributed by atoms with Crippen LogP contribution >= 0.6 is 0 Å². The molecule has 1 saturated heterocycles. The van der Waals surface area contributed by atoms with Gasteiger partial charge < -0.3 is 16.0 Å². The highest BCUT2D eigenvalue weighted by Gasteiger charge is 2.21. The molecule has 2 aliphatic rings. The number of carbonyl (C=O) groups excluding carboxylic acids is 1. The monoisotopic (exact) mass is 263 g/mol. The van der Waals surface area contributed by atoms with Gasteiger partial charge in [0.2, 0.25) is 5.91 Å². The normalized spacial score (nSPS) is 22.6. The highest BCUT2D eigenvalue weighted by Crippen LogP contribution is 2.27. The highest BCUT2D eigenvalue weighted by molar-refractivity contribution is 5.91. The predicted octanol–water partition coefficient (Wildman–Crippen LogP) is 0.356. The summed E-state index contributed by atoms with van der Waals surface area (Å²) in [5.74, 6) is 1.42. The summed E-state index contributed by atoms with van der Waals surface area (Å²) in [7, 11) is 0. The molecule has 1 aliphatic carbocycles. The molecule has 3 rings (SSSR count). The van der Waals surface area contributed by atoms with Gasteiger partial charge in [0.15, 0.2) is 5.82 Å². The molecule has 0 aromatic carbocycles. The molecule has 0 spiro atoms. The van der Waals surface area contributed by atoms with Crippen LogP contribution in [0.15, 0.2) is 12.3 Å². The molecule has 1 aromatic heterocycles. The molecule has 19 heavy (non-hydrogen) atoms. The fraction of sp³-hybridized carbons (Fsp3) is 0.692. The van der Waals surface area contributed by atoms with E-state index in [1.807, 2.05) is 16.9 Å². The van der Waals surface area contributed by atoms with Crippen molar-refractivity contribution in [1.82, 2.24) is 20.4 Å². The molecule has 6 heteroatoms. The maximum Gasteiger partial charge on any atom is 0.239 e. The molecule has 2 heterocycles. The first kappa shape index (κ1) is 12.6. The lowest BCUT2D eigenvalue weighted by molar-refractivity contribution is -0.115. The van der Waals surface area contributed by atoms with Crippen molar-refractivity contribution in [2.45, 2.75) is 25.3 Å². The second kappa shape index (κ2) is 5.71. The average Bonchev–Trinajstić information content (AvgIpc) is 2.91. The Morgan fingerprint density at radius 1 is 1.47 bits per heavy atom. The number of rotatable bonds is 6. The molecule has 1 atom stereocenters. The van der Waals surface area contributed by atoms with E-state index in [0.29, 0.717) is 18.4 Å². The average molecular weight is 263 g/mol. The van der Waals surface area contributed by atoms with E-state index < -0.39 is 0 Å². The molecule has 1 aliphatic heterocycles. The van der Waals surface area contributed by atoms with Gasteiger partial charge >= 0.3 is 0 Å². The molecule has 104 valence electrons. The SMILES string of the molecule is O=C(CNCC1CC1)Nc1ccn([C@@H]2CCNC2)n1. The summed E-state index contributed by atoms with van der Waals surface area (Å²) in [6.45, 7) is 3.32. The van der Waals surface area contributed by atoms with Gasteiger partial charge in [-0.25, -0.2) is 0 Å². The topological polar surface area (TPSA) is 71.0 Å². The molecule has 1 saturated carbocycles. The number of hydrogen-bond acceptors (Lipinski definition) is 4. The van der Waals surface area contributed by atoms with E-state index >= 15 is 0 Å². The number of nitrogens with zero attached hydrogens (tertiary/aromatic N) is 2. The van der Waals surface area contributed by atoms with Gasteiger partial charge in [0, 0.05) is 18.8 Å². The van der Waals surface area contributed by atoms with Gasteiger partial charge in [-0.05, 0) is 38.3 Å². The first-order valence-corrected chi connectivity index (χ1v) is 7.08. The second-order valence-corrected chi connectivity index (χ2v) is 5.45.